The molecule has 0 aromatic heterocycles. The van der Waals surface area contributed by atoms with E-state index in [1.54, 1.807) is 0 Å². The molecule has 1 atom stereocenters. The summed E-state index contributed by atoms with van der Waals surface area (Å²) in [5.41, 5.74) is 0. The number of nitrogens with one attached hydrogen (secondary N) is 1. The molecule has 0 aliphatic carbocycles. The molecule has 2 aliphatic heterocycles. The largest absolute Gasteiger partial charge is 0.339 e. The number of likely N-dealkylation sites (N-methyl/N-ethyl adjacent to an activating group) is 1. The molecule has 0 saturated carbocycles. The number of carbonyl (C=O) groups is 1. The van der Waals surface area contributed by atoms with E-state index >= 15 is 0 Å². The van der Waals surface area contributed by atoms with Gasteiger partial charge in [-0.2, -0.15) is 0 Å². The molecule has 17 heavy (non-hydrogen) atoms. The van der Waals surface area contributed by atoms with Crippen LogP contribution in [0.15, 0.2) is 0 Å². The summed E-state index contributed by atoms with van der Waals surface area (Å²) in [5, 5.41) is 3.27. The average Bonchev–Trinajstić information content (AvgIpc) is 2.82. The molecule has 0 bridgehead atoms. The molecule has 102 valence electrons. The minimum Gasteiger partial charge on any atom is -0.339 e. The van der Waals surface area contributed by atoms with Crippen LogP contribution >= 0.6 is 24.8 Å². The van der Waals surface area contributed by atoms with Crippen LogP contribution in [-0.4, -0.2) is 61.0 Å². The van der Waals surface area contributed by atoms with Crippen LogP contribution in [0.3, 0.4) is 0 Å². The van der Waals surface area contributed by atoms with Gasteiger partial charge in [-0.25, -0.2) is 0 Å². The Morgan fingerprint density at radius 2 is 1.88 bits per heavy atom. The lowest BCUT2D eigenvalue weighted by molar-refractivity contribution is -0.134. The van der Waals surface area contributed by atoms with E-state index in [0.717, 1.165) is 52.1 Å². The van der Waals surface area contributed by atoms with Gasteiger partial charge in [-0.05, 0) is 25.9 Å². The number of hydrogen-bond acceptors (Lipinski definition) is 3. The molecular weight excluding hydrogens is 261 g/mol. The molecule has 0 aromatic carbocycles. The highest BCUT2D eigenvalue weighted by molar-refractivity contribution is 5.85. The van der Waals surface area contributed by atoms with Crippen molar-refractivity contribution in [2.45, 2.75) is 25.8 Å². The maximum absolute atomic E-state index is 12.0. The summed E-state index contributed by atoms with van der Waals surface area (Å²) < 4.78 is 0. The molecule has 1 unspecified atom stereocenters. The number of halogens is 2. The first-order valence-electron chi connectivity index (χ1n) is 6.06. The van der Waals surface area contributed by atoms with E-state index in [2.05, 4.69) is 17.1 Å². The molecular formula is C11H23Cl2N3O. The van der Waals surface area contributed by atoms with Gasteiger partial charge in [-0.3, -0.25) is 4.79 Å². The predicted molar refractivity (Wildman–Crippen MR) is 74.2 cm³/mol. The number of rotatable bonds is 2. The molecule has 0 spiro atoms. The first kappa shape index (κ1) is 17.0. The van der Waals surface area contributed by atoms with Crippen molar-refractivity contribution >= 4 is 30.7 Å². The van der Waals surface area contributed by atoms with Gasteiger partial charge in [0, 0.05) is 26.2 Å². The fraction of sp³-hybridized carbons (Fsp3) is 0.909. The highest BCUT2D eigenvalue weighted by Crippen LogP contribution is 2.10. The van der Waals surface area contributed by atoms with Crippen LogP contribution < -0.4 is 5.32 Å². The Kier molecular flexibility index (Phi) is 8.12. The van der Waals surface area contributed by atoms with Crippen molar-refractivity contribution in [1.82, 2.24) is 15.1 Å². The third-order valence-electron chi connectivity index (χ3n) is 3.49. The van der Waals surface area contributed by atoms with Gasteiger partial charge >= 0.3 is 0 Å². The molecule has 0 radical (unpaired) electrons. The fourth-order valence-corrected chi connectivity index (χ4v) is 2.40. The van der Waals surface area contributed by atoms with E-state index in [-0.39, 0.29) is 30.9 Å². The SMILES string of the molecule is CCN1CCN(C(=O)C2CCCN2)CC1.Cl.Cl. The lowest BCUT2D eigenvalue weighted by Crippen LogP contribution is -2.52. The zero-order valence-corrected chi connectivity index (χ0v) is 12.0. The van der Waals surface area contributed by atoms with Crippen molar-refractivity contribution in [2.24, 2.45) is 0 Å². The normalized spacial score (nSPS) is 25.0. The molecule has 2 fully saturated rings. The summed E-state index contributed by atoms with van der Waals surface area (Å²) >= 11 is 0. The molecule has 1 amide bonds. The maximum Gasteiger partial charge on any atom is 0.239 e. The van der Waals surface area contributed by atoms with E-state index in [9.17, 15) is 4.79 Å². The third-order valence-corrected chi connectivity index (χ3v) is 3.49. The Labute approximate surface area is 116 Å². The average molecular weight is 284 g/mol. The summed E-state index contributed by atoms with van der Waals surface area (Å²) in [4.78, 5) is 16.5. The van der Waals surface area contributed by atoms with Crippen LogP contribution in [-0.2, 0) is 4.79 Å². The van der Waals surface area contributed by atoms with Crippen LogP contribution in [0, 0.1) is 0 Å². The van der Waals surface area contributed by atoms with Gasteiger partial charge in [0.15, 0.2) is 0 Å². The third kappa shape index (κ3) is 4.28. The summed E-state index contributed by atoms with van der Waals surface area (Å²) in [6.07, 6.45) is 2.16. The molecule has 2 heterocycles. The highest BCUT2D eigenvalue weighted by atomic mass is 35.5. The molecule has 2 saturated heterocycles. The van der Waals surface area contributed by atoms with E-state index in [4.69, 9.17) is 0 Å². The van der Waals surface area contributed by atoms with Crippen LogP contribution in [0.2, 0.25) is 0 Å². The van der Waals surface area contributed by atoms with Gasteiger partial charge in [0.25, 0.3) is 0 Å². The van der Waals surface area contributed by atoms with Crippen molar-refractivity contribution in [2.75, 3.05) is 39.3 Å². The molecule has 0 aromatic rings. The fourth-order valence-electron chi connectivity index (χ4n) is 2.40. The Bertz CT molecular complexity index is 227. The van der Waals surface area contributed by atoms with Crippen molar-refractivity contribution in [3.05, 3.63) is 0 Å². The maximum atomic E-state index is 12.0. The first-order valence-corrected chi connectivity index (χ1v) is 6.06. The zero-order chi connectivity index (χ0) is 10.7. The number of hydrogen-bond donors (Lipinski definition) is 1. The second kappa shape index (κ2) is 8.14. The van der Waals surface area contributed by atoms with Gasteiger partial charge in [0.2, 0.25) is 5.91 Å². The Balaban J connectivity index is 0.00000128. The molecule has 2 aliphatic rings. The molecule has 6 heteroatoms. The van der Waals surface area contributed by atoms with E-state index < -0.39 is 0 Å². The van der Waals surface area contributed by atoms with Crippen molar-refractivity contribution in [3.63, 3.8) is 0 Å². The van der Waals surface area contributed by atoms with Crippen LogP contribution in [0.25, 0.3) is 0 Å². The lowest BCUT2D eigenvalue weighted by Gasteiger charge is -2.35. The number of carbonyl (C=O) groups excluding carboxylic acids is 1. The summed E-state index contributed by atoms with van der Waals surface area (Å²) in [5.74, 6) is 0.322. The van der Waals surface area contributed by atoms with Gasteiger partial charge in [0.05, 0.1) is 6.04 Å². The van der Waals surface area contributed by atoms with Crippen LogP contribution in [0.1, 0.15) is 19.8 Å². The second-order valence-electron chi connectivity index (χ2n) is 4.41. The first-order chi connectivity index (χ1) is 7.31. The minimum absolute atomic E-state index is 0. The smallest absolute Gasteiger partial charge is 0.239 e. The zero-order valence-electron chi connectivity index (χ0n) is 10.4. The van der Waals surface area contributed by atoms with Gasteiger partial charge in [0.1, 0.15) is 0 Å². The Morgan fingerprint density at radius 1 is 1.24 bits per heavy atom. The number of amides is 1. The Hall–Kier alpha value is -0.0300. The predicted octanol–water partition coefficient (Wildman–Crippen LogP) is 0.746. The standard InChI is InChI=1S/C11H21N3O.2ClH/c1-2-13-6-8-14(9-7-13)11(15)10-4-3-5-12-10;;/h10,12H,2-9H2,1H3;2*1H. The van der Waals surface area contributed by atoms with E-state index in [1.807, 2.05) is 4.90 Å². The van der Waals surface area contributed by atoms with Crippen molar-refractivity contribution in [3.8, 4) is 0 Å². The van der Waals surface area contributed by atoms with E-state index in [0.29, 0.717) is 5.91 Å². The summed E-state index contributed by atoms with van der Waals surface area (Å²) in [6.45, 7) is 8.17. The topological polar surface area (TPSA) is 35.6 Å². The monoisotopic (exact) mass is 283 g/mol. The van der Waals surface area contributed by atoms with Crippen LogP contribution in [0.4, 0.5) is 0 Å². The number of piperazine rings is 1. The van der Waals surface area contributed by atoms with Crippen molar-refractivity contribution in [1.29, 1.82) is 0 Å². The quantitative estimate of drug-likeness (QED) is 0.812. The summed E-state index contributed by atoms with van der Waals surface area (Å²) in [7, 11) is 0. The van der Waals surface area contributed by atoms with Gasteiger partial charge in [-0.1, -0.05) is 6.92 Å². The summed E-state index contributed by atoms with van der Waals surface area (Å²) in [6, 6.07) is 0.109. The Morgan fingerprint density at radius 3 is 2.35 bits per heavy atom. The minimum atomic E-state index is 0. The molecule has 2 rings (SSSR count). The second-order valence-corrected chi connectivity index (χ2v) is 4.41. The molecule has 4 nitrogen and oxygen atoms in total. The van der Waals surface area contributed by atoms with Gasteiger partial charge < -0.3 is 15.1 Å². The van der Waals surface area contributed by atoms with E-state index in [1.165, 1.54) is 0 Å². The lowest BCUT2D eigenvalue weighted by atomic mass is 10.2. The van der Waals surface area contributed by atoms with Gasteiger partial charge in [-0.15, -0.1) is 24.8 Å². The van der Waals surface area contributed by atoms with Crippen molar-refractivity contribution < 1.29 is 4.79 Å². The molecule has 1 N–H and O–H groups in total. The number of nitrogens with zero attached hydrogens (tertiary/aromatic N) is 2. The van der Waals surface area contributed by atoms with Crippen LogP contribution in [0.5, 0.6) is 0 Å². The highest BCUT2D eigenvalue weighted by Gasteiger charge is 2.28.